The summed E-state index contributed by atoms with van der Waals surface area (Å²) in [6.07, 6.45) is 3.71. The van der Waals surface area contributed by atoms with Crippen LogP contribution in [0.3, 0.4) is 0 Å². The van der Waals surface area contributed by atoms with Crippen molar-refractivity contribution in [3.05, 3.63) is 54.8 Å². The third-order valence-electron chi connectivity index (χ3n) is 1.48. The Kier molecular flexibility index (Phi) is 7.24. The molecule has 0 saturated heterocycles. The molecule has 0 fully saturated rings. The summed E-state index contributed by atoms with van der Waals surface area (Å²) in [6, 6.07) is 10.1. The van der Waals surface area contributed by atoms with Crippen molar-refractivity contribution >= 4 is 5.69 Å². The molecule has 14 heavy (non-hydrogen) atoms. The molecule has 0 bridgehead atoms. The van der Waals surface area contributed by atoms with Crippen LogP contribution in [-0.4, -0.2) is 0 Å². The molecule has 0 unspecified atom stereocenters. The lowest BCUT2D eigenvalue weighted by Crippen LogP contribution is -1.93. The molecule has 1 heteroatoms. The van der Waals surface area contributed by atoms with Gasteiger partial charge in [-0.3, -0.25) is 0 Å². The van der Waals surface area contributed by atoms with E-state index in [9.17, 15) is 0 Å². The summed E-state index contributed by atoms with van der Waals surface area (Å²) >= 11 is 0. The van der Waals surface area contributed by atoms with Crippen molar-refractivity contribution in [2.24, 2.45) is 0 Å². The van der Waals surface area contributed by atoms with Gasteiger partial charge in [0.1, 0.15) is 0 Å². The van der Waals surface area contributed by atoms with Gasteiger partial charge in [0.25, 0.3) is 0 Å². The molecule has 1 nitrogen and oxygen atoms in total. The number of nitrogens with one attached hydrogen (secondary N) is 1. The van der Waals surface area contributed by atoms with E-state index in [1.807, 2.05) is 57.2 Å². The van der Waals surface area contributed by atoms with Gasteiger partial charge >= 0.3 is 0 Å². The Morgan fingerprint density at radius 2 is 1.79 bits per heavy atom. The smallest absolute Gasteiger partial charge is 0.0381 e. The summed E-state index contributed by atoms with van der Waals surface area (Å²) in [5.74, 6) is 0. The van der Waals surface area contributed by atoms with Crippen molar-refractivity contribution in [3.8, 4) is 0 Å². The number of anilines is 1. The molecule has 0 amide bonds. The van der Waals surface area contributed by atoms with E-state index in [0.29, 0.717) is 0 Å². The van der Waals surface area contributed by atoms with Crippen LogP contribution < -0.4 is 5.32 Å². The number of allylic oxidation sites excluding steroid dienone is 3. The minimum atomic E-state index is 1.09. The molecule has 0 aliphatic carbocycles. The Morgan fingerprint density at radius 3 is 2.29 bits per heavy atom. The average Bonchev–Trinajstić information content (AvgIpc) is 2.22. The topological polar surface area (TPSA) is 12.0 Å². The van der Waals surface area contributed by atoms with Gasteiger partial charge in [-0.05, 0) is 25.1 Å². The number of hydrogen-bond acceptors (Lipinski definition) is 1. The second kappa shape index (κ2) is 8.11. The van der Waals surface area contributed by atoms with Crippen molar-refractivity contribution in [2.45, 2.75) is 20.8 Å². The highest BCUT2D eigenvalue weighted by atomic mass is 14.9. The first-order chi connectivity index (χ1) is 6.83. The SMILES string of the molecule is C=C/C=C(/C)Nc1ccccc1.CC. The summed E-state index contributed by atoms with van der Waals surface area (Å²) < 4.78 is 0. The van der Waals surface area contributed by atoms with E-state index in [1.165, 1.54) is 0 Å². The monoisotopic (exact) mass is 189 g/mol. The quantitative estimate of drug-likeness (QED) is 0.702. The minimum Gasteiger partial charge on any atom is -0.359 e. The lowest BCUT2D eigenvalue weighted by Gasteiger charge is -2.04. The van der Waals surface area contributed by atoms with Crippen LogP contribution in [0.2, 0.25) is 0 Å². The van der Waals surface area contributed by atoms with Gasteiger partial charge < -0.3 is 5.32 Å². The predicted octanol–water partition coefficient (Wildman–Crippen LogP) is 4.21. The molecule has 0 aliphatic heterocycles. The fourth-order valence-electron chi connectivity index (χ4n) is 0.968. The minimum absolute atomic E-state index is 1.09. The normalized spacial score (nSPS) is 9.79. The molecule has 1 N–H and O–H groups in total. The van der Waals surface area contributed by atoms with Crippen molar-refractivity contribution in [1.29, 1.82) is 0 Å². The van der Waals surface area contributed by atoms with Crippen LogP contribution in [0.1, 0.15) is 20.8 Å². The Balaban J connectivity index is 0.000000791. The number of hydrogen-bond donors (Lipinski definition) is 1. The van der Waals surface area contributed by atoms with E-state index in [2.05, 4.69) is 11.9 Å². The summed E-state index contributed by atoms with van der Waals surface area (Å²) in [7, 11) is 0. The highest BCUT2D eigenvalue weighted by molar-refractivity contribution is 5.47. The zero-order valence-electron chi connectivity index (χ0n) is 9.25. The van der Waals surface area contributed by atoms with E-state index >= 15 is 0 Å². The molecule has 0 atom stereocenters. The van der Waals surface area contributed by atoms with Gasteiger partial charge in [-0.1, -0.05) is 44.7 Å². The molecule has 1 rings (SSSR count). The van der Waals surface area contributed by atoms with Gasteiger partial charge in [-0.25, -0.2) is 0 Å². The Morgan fingerprint density at radius 1 is 1.21 bits per heavy atom. The van der Waals surface area contributed by atoms with Crippen molar-refractivity contribution in [1.82, 2.24) is 0 Å². The van der Waals surface area contributed by atoms with E-state index < -0.39 is 0 Å². The molecule has 0 aromatic heterocycles. The van der Waals surface area contributed by atoms with Crippen molar-refractivity contribution < 1.29 is 0 Å². The maximum atomic E-state index is 3.63. The predicted molar refractivity (Wildman–Crippen MR) is 65.4 cm³/mol. The first-order valence-electron chi connectivity index (χ1n) is 4.94. The van der Waals surface area contributed by atoms with Crippen molar-refractivity contribution in [2.75, 3.05) is 5.32 Å². The fraction of sp³-hybridized carbons (Fsp3) is 0.231. The Bertz CT molecular complexity index is 273. The van der Waals surface area contributed by atoms with Gasteiger partial charge in [0.2, 0.25) is 0 Å². The van der Waals surface area contributed by atoms with Crippen LogP contribution in [-0.2, 0) is 0 Å². The molecule has 1 aromatic rings. The molecular formula is C13H19N. The molecule has 0 aliphatic rings. The van der Waals surface area contributed by atoms with Crippen LogP contribution >= 0.6 is 0 Å². The number of para-hydroxylation sites is 1. The van der Waals surface area contributed by atoms with E-state index in [0.717, 1.165) is 11.4 Å². The highest BCUT2D eigenvalue weighted by Crippen LogP contribution is 2.07. The zero-order valence-corrected chi connectivity index (χ0v) is 9.25. The van der Waals surface area contributed by atoms with E-state index in [4.69, 9.17) is 0 Å². The van der Waals surface area contributed by atoms with Gasteiger partial charge in [-0.2, -0.15) is 0 Å². The summed E-state index contributed by atoms with van der Waals surface area (Å²) in [5, 5.41) is 3.23. The maximum absolute atomic E-state index is 3.63. The van der Waals surface area contributed by atoms with Crippen LogP contribution in [0.25, 0.3) is 0 Å². The summed E-state index contributed by atoms with van der Waals surface area (Å²) in [6.45, 7) is 9.63. The second-order valence-electron chi connectivity index (χ2n) is 2.58. The lowest BCUT2D eigenvalue weighted by molar-refractivity contribution is 1.38. The number of benzene rings is 1. The highest BCUT2D eigenvalue weighted by Gasteiger charge is 1.87. The van der Waals surface area contributed by atoms with Gasteiger partial charge in [0.15, 0.2) is 0 Å². The van der Waals surface area contributed by atoms with E-state index in [1.54, 1.807) is 6.08 Å². The molecule has 0 spiro atoms. The molecule has 0 saturated carbocycles. The van der Waals surface area contributed by atoms with Gasteiger partial charge in [-0.15, -0.1) is 0 Å². The summed E-state index contributed by atoms with van der Waals surface area (Å²) in [4.78, 5) is 0. The maximum Gasteiger partial charge on any atom is 0.0381 e. The third-order valence-corrected chi connectivity index (χ3v) is 1.48. The van der Waals surface area contributed by atoms with Gasteiger partial charge in [0, 0.05) is 11.4 Å². The van der Waals surface area contributed by atoms with Gasteiger partial charge in [0.05, 0.1) is 0 Å². The van der Waals surface area contributed by atoms with E-state index in [-0.39, 0.29) is 0 Å². The molecule has 0 heterocycles. The van der Waals surface area contributed by atoms with Crippen LogP contribution in [0, 0.1) is 0 Å². The largest absolute Gasteiger partial charge is 0.359 e. The van der Waals surface area contributed by atoms with Crippen LogP contribution in [0.15, 0.2) is 54.8 Å². The van der Waals surface area contributed by atoms with Crippen LogP contribution in [0.4, 0.5) is 5.69 Å². The Labute approximate surface area is 87.2 Å². The first-order valence-corrected chi connectivity index (χ1v) is 4.94. The Hall–Kier alpha value is -1.50. The molecular weight excluding hydrogens is 170 g/mol. The summed E-state index contributed by atoms with van der Waals surface area (Å²) in [5.41, 5.74) is 2.20. The standard InChI is InChI=1S/C11H13N.C2H6/c1-3-7-10(2)12-11-8-5-4-6-9-11;1-2/h3-9,12H,1H2,2H3;1-2H3/b10-7-;. The third kappa shape index (κ3) is 5.20. The first kappa shape index (κ1) is 12.5. The van der Waals surface area contributed by atoms with Crippen molar-refractivity contribution in [3.63, 3.8) is 0 Å². The lowest BCUT2D eigenvalue weighted by atomic mass is 10.3. The molecule has 1 aromatic carbocycles. The number of rotatable bonds is 3. The molecule has 0 radical (unpaired) electrons. The fourth-order valence-corrected chi connectivity index (χ4v) is 0.968. The van der Waals surface area contributed by atoms with Crippen LogP contribution in [0.5, 0.6) is 0 Å². The average molecular weight is 189 g/mol. The molecule has 76 valence electrons. The second-order valence-corrected chi connectivity index (χ2v) is 2.58. The zero-order chi connectivity index (χ0) is 10.8.